The lowest BCUT2D eigenvalue weighted by Crippen LogP contribution is -3.14. The molecule has 2 aliphatic carbocycles. The van der Waals surface area contributed by atoms with Crippen molar-refractivity contribution in [3.63, 3.8) is 0 Å². The van der Waals surface area contributed by atoms with E-state index in [0.717, 1.165) is 302 Å². The number of hydrogen-bond donors (Lipinski definition) is 10. The Kier molecular flexibility index (Phi) is 89.2. The van der Waals surface area contributed by atoms with Gasteiger partial charge in [-0.05, 0) is 44.9 Å². The first-order valence-corrected chi connectivity index (χ1v) is 55.8. The fourth-order valence-corrected chi connectivity index (χ4v) is 17.8. The second kappa shape index (κ2) is 96.4. The maximum atomic E-state index is 11.8. The summed E-state index contributed by atoms with van der Waals surface area (Å²) in [4.78, 5) is 91.7. The highest BCUT2D eigenvalue weighted by Crippen LogP contribution is 2.26. The van der Waals surface area contributed by atoms with Crippen molar-refractivity contribution < 1.29 is 210 Å². The van der Waals surface area contributed by atoms with E-state index in [1.54, 1.807) is 40.4 Å². The monoisotopic (exact) mass is 2110 g/mol. The van der Waals surface area contributed by atoms with Crippen molar-refractivity contribution in [3.8, 4) is 0 Å². The summed E-state index contributed by atoms with van der Waals surface area (Å²) in [7, 11) is 5.31. The third kappa shape index (κ3) is 81.0. The molecule has 144 heavy (non-hydrogen) atoms. The van der Waals surface area contributed by atoms with Crippen LogP contribution < -0.4 is 49.4 Å². The minimum Gasteiger partial charge on any atom is -0.460 e. The molecule has 11 N–H and O–H groups in total. The Balaban J connectivity index is 0.000000415. The normalized spacial score (nSPS) is 19.7. The largest absolute Gasteiger partial charge is 0.460 e. The molecule has 45 heteroatoms. The van der Waals surface area contributed by atoms with E-state index in [2.05, 4.69) is 5.32 Å². The van der Waals surface area contributed by atoms with Crippen LogP contribution in [0, 0.1) is 11.8 Å². The van der Waals surface area contributed by atoms with Crippen molar-refractivity contribution >= 4 is 51.6 Å². The van der Waals surface area contributed by atoms with Gasteiger partial charge < -0.3 is 168 Å². The van der Waals surface area contributed by atoms with E-state index in [1.165, 1.54) is 111 Å². The second-order valence-electron chi connectivity index (χ2n) is 36.9. The van der Waals surface area contributed by atoms with Crippen molar-refractivity contribution in [2.75, 3.05) is 475 Å². The van der Waals surface area contributed by atoms with Gasteiger partial charge in [-0.1, -0.05) is 39.0 Å². The molecule has 12 rings (SSSR count). The lowest BCUT2D eigenvalue weighted by Gasteiger charge is -2.24. The van der Waals surface area contributed by atoms with Crippen LogP contribution in [-0.4, -0.2) is 525 Å². The lowest BCUT2D eigenvalue weighted by atomic mass is 9.89. The van der Waals surface area contributed by atoms with Crippen LogP contribution in [-0.2, 0) is 162 Å². The quantitative estimate of drug-likeness (QED) is 0.0117. The number of ether oxygens (including phenoxy) is 25. The van der Waals surface area contributed by atoms with Crippen LogP contribution in [0.3, 0.4) is 0 Å². The highest BCUT2D eigenvalue weighted by atomic mass is 32.2. The molecule has 10 saturated heterocycles. The first-order chi connectivity index (χ1) is 70.4. The summed E-state index contributed by atoms with van der Waals surface area (Å²) in [5, 5.41) is 2.39. The van der Waals surface area contributed by atoms with Gasteiger partial charge in [0.2, 0.25) is 0 Å². The molecule has 0 aromatic rings. The second-order valence-corrected chi connectivity index (χ2v) is 39.2. The Bertz CT molecular complexity index is 3070. The van der Waals surface area contributed by atoms with E-state index < -0.39 is 9.84 Å². The van der Waals surface area contributed by atoms with Crippen LogP contribution in [0.4, 0.5) is 0 Å². The number of nitrogens with one attached hydrogen (secondary N) is 9. The average Bonchev–Trinajstić information content (AvgIpc) is 1.12. The number of quaternary nitrogens is 10. The van der Waals surface area contributed by atoms with Crippen molar-refractivity contribution in [2.24, 2.45) is 11.8 Å². The molecule has 44 nitrogen and oxygen atoms in total. The fourth-order valence-electron chi connectivity index (χ4n) is 16.4. The fraction of sp³-hybridized carbons (Fsp3) is 0.929. The zero-order chi connectivity index (χ0) is 104. The van der Waals surface area contributed by atoms with Crippen molar-refractivity contribution in [3.05, 3.63) is 0 Å². The molecule has 0 radical (unpaired) electrons. The van der Waals surface area contributed by atoms with Crippen molar-refractivity contribution in [2.45, 2.75) is 117 Å². The summed E-state index contributed by atoms with van der Waals surface area (Å²) in [5.41, 5.74) is 0. The molecule has 10 aliphatic heterocycles. The molecule has 0 unspecified atom stereocenters. The van der Waals surface area contributed by atoms with Gasteiger partial charge in [0.1, 0.15) is 223 Å². The van der Waals surface area contributed by atoms with Gasteiger partial charge in [-0.15, -0.1) is 0 Å². The van der Waals surface area contributed by atoms with Crippen molar-refractivity contribution in [1.29, 1.82) is 0 Å². The molecule has 846 valence electrons. The molecule has 0 amide bonds. The molecule has 12 fully saturated rings. The molecule has 0 aromatic heterocycles. The Morgan fingerprint density at radius 2 is 0.507 bits per heavy atom. The van der Waals surface area contributed by atoms with Crippen LogP contribution in [0.25, 0.3) is 0 Å². The molecule has 0 spiro atoms. The van der Waals surface area contributed by atoms with Crippen LogP contribution in [0.2, 0.25) is 0 Å². The number of morpholine rings is 8. The molecular formula is C99H200N10O34S+10. The average molecular weight is 2110 g/mol. The summed E-state index contributed by atoms with van der Waals surface area (Å²) in [5.74, 6) is 0.202. The first-order valence-electron chi connectivity index (χ1n) is 54.0. The number of rotatable bonds is 52. The van der Waals surface area contributed by atoms with Crippen LogP contribution in [0.5, 0.6) is 0 Å². The smallest absolute Gasteiger partial charge is 0.309 e. The molecular weight excluding hydrogens is 1910 g/mol. The van der Waals surface area contributed by atoms with Gasteiger partial charge in [-0.3, -0.25) is 33.6 Å². The molecule has 0 aromatic carbocycles. The van der Waals surface area contributed by atoms with Gasteiger partial charge in [0, 0.05) is 48.9 Å². The number of esters is 7. The van der Waals surface area contributed by atoms with E-state index in [4.69, 9.17) is 118 Å². The van der Waals surface area contributed by atoms with Crippen LogP contribution in [0.15, 0.2) is 0 Å². The van der Waals surface area contributed by atoms with Gasteiger partial charge in [0.15, 0.2) is 9.84 Å². The predicted molar refractivity (Wildman–Crippen MR) is 530 cm³/mol. The molecule has 12 aliphatic rings. The summed E-state index contributed by atoms with van der Waals surface area (Å²) in [6, 6.07) is 0. The minimum atomic E-state index is -2.74. The molecule has 0 bridgehead atoms. The van der Waals surface area contributed by atoms with Gasteiger partial charge >= 0.3 is 41.8 Å². The number of piperidine rings is 1. The maximum absolute atomic E-state index is 11.8. The summed E-state index contributed by atoms with van der Waals surface area (Å²) in [6.07, 6.45) is 15.9. The number of carbonyl (C=O) groups is 7. The maximum Gasteiger partial charge on any atom is 0.309 e. The number of methoxy groups -OCH3 is 5. The van der Waals surface area contributed by atoms with E-state index >= 15 is 0 Å². The number of sulfone groups is 1. The third-order valence-electron chi connectivity index (χ3n) is 25.6. The summed E-state index contributed by atoms with van der Waals surface area (Å²) >= 11 is 0. The van der Waals surface area contributed by atoms with Crippen molar-refractivity contribution in [1.82, 2.24) is 0 Å². The zero-order valence-electron chi connectivity index (χ0n) is 89.7. The topological polar surface area (TPSA) is 441 Å². The third-order valence-corrected chi connectivity index (χ3v) is 27.3. The van der Waals surface area contributed by atoms with Crippen LogP contribution in [0.1, 0.15) is 117 Å². The summed E-state index contributed by atoms with van der Waals surface area (Å²) in [6.45, 7) is 55.6. The predicted octanol–water partition coefficient (Wildman–Crippen LogP) is -11.4. The van der Waals surface area contributed by atoms with Crippen LogP contribution >= 0.6 is 0 Å². The van der Waals surface area contributed by atoms with E-state index in [0.29, 0.717) is 170 Å². The molecule has 2 saturated carbocycles. The highest BCUT2D eigenvalue weighted by molar-refractivity contribution is 7.91. The zero-order valence-corrected chi connectivity index (χ0v) is 90.5. The van der Waals surface area contributed by atoms with Gasteiger partial charge in [0.25, 0.3) is 0 Å². The minimum absolute atomic E-state index is 0.0326. The SMILES string of the molecule is C1CC[NH2+]CC1.CC(=O)OCC[NH+]1CCOCC1.CCC(=O)OCC[NH+]1CCOCC1.COCCC(=O)OCC[NH+]1CCOCC1.COCCOCCC(=O)OCC[NH+]1CCOCC1.COCCOCCOCCC(=O)OCC[NH+]1CCOCC1.COCOCC[NH+]1CCOCC1.COCOCC[NH+]1CCS(=O)(=O)CC1.O=C(OCC[NH+]1CCOCC1)C1CCCC1.O=C(OCC[NH+]1CCOCC1)C1CCCCC1. The number of nitrogens with two attached hydrogens (primary N) is 1. The van der Waals surface area contributed by atoms with Gasteiger partial charge in [0.05, 0.1) is 247 Å². The Morgan fingerprint density at radius 1 is 0.264 bits per heavy atom. The number of hydrogen-bond acceptors (Lipinski definition) is 34. The van der Waals surface area contributed by atoms with E-state index in [1.807, 2.05) is 6.92 Å². The summed E-state index contributed by atoms with van der Waals surface area (Å²) < 4.78 is 150. The molecule has 0 atom stereocenters. The number of carbonyl (C=O) groups excluding carboxylic acids is 7. The first kappa shape index (κ1) is 133. The Labute approximate surface area is 860 Å². The lowest BCUT2D eigenvalue weighted by molar-refractivity contribution is -0.908. The highest BCUT2D eigenvalue weighted by Gasteiger charge is 2.29. The van der Waals surface area contributed by atoms with E-state index in [-0.39, 0.29) is 60.0 Å². The Morgan fingerprint density at radius 3 is 0.771 bits per heavy atom. The Hall–Kier alpha value is -4.88. The molecule has 10 heterocycles. The van der Waals surface area contributed by atoms with Gasteiger partial charge in [-0.25, -0.2) is 8.42 Å². The standard InChI is InChI=1S/C14H27NO6.C13H23NO3.C12H23NO5.C12H21NO3.C10H19NO4.C9H17NO3.C8H17NO4S.C8H17NO3.C8H15NO3.C5H11N/c1-17-10-11-20-13-12-18-6-2-14(16)21-9-5-15-3-7-19-8-4-15;15-13(12-4-2-1-3-5-12)17-11-8-14-6-9-16-10-7-14;1-15-10-11-16-6-2-12(14)18-9-5-13-3-7-17-8-4-13;14-12(11-3-1-2-4-11)16-10-7-13-5-8-15-9-6-13;1-13-6-2-10(12)15-9-5-11-3-7-14-8-4-11;1-2-9(11)13-8-5-10-3-6-12-7-4-10;1-12-8-13-5-2-9-3-6-14(10,11)7-4-9;1-10-8-12-7-4-9-2-5-11-6-3-9;1-8(10)12-7-4-9-2-5-11-6-3-9;1-2-4-6-5-3-1/h2-13H2,1H3;12H,1-11H2;2-11H2,1H3;11H,1-10H2;2-9H2,1H3;2-8H2,1H3;2-8H2,1H3;2-8H2,1H3;2-7H2,1H3;6H,1-5H2/p+10. The van der Waals surface area contributed by atoms with Gasteiger partial charge in [-0.2, -0.15) is 0 Å². The van der Waals surface area contributed by atoms with E-state index in [9.17, 15) is 42.0 Å².